The standard InChI is InChI=1S/C15H17FN2O2S/c1-11-5-6-15(14(17)9-11)21(19,20)18-8-7-12-3-2-4-13(16)10-12/h2-6,9-10,18H,7-8,17H2,1H3. The van der Waals surface area contributed by atoms with Gasteiger partial charge < -0.3 is 5.73 Å². The molecule has 0 saturated heterocycles. The lowest BCUT2D eigenvalue weighted by molar-refractivity contribution is 0.582. The molecule has 3 N–H and O–H groups in total. The summed E-state index contributed by atoms with van der Waals surface area (Å²) in [6.45, 7) is 2.02. The summed E-state index contributed by atoms with van der Waals surface area (Å²) >= 11 is 0. The van der Waals surface area contributed by atoms with E-state index < -0.39 is 10.0 Å². The molecule has 112 valence electrons. The van der Waals surface area contributed by atoms with Gasteiger partial charge >= 0.3 is 0 Å². The van der Waals surface area contributed by atoms with Crippen molar-refractivity contribution in [3.63, 3.8) is 0 Å². The minimum absolute atomic E-state index is 0.0624. The predicted octanol–water partition coefficient (Wildman–Crippen LogP) is 2.24. The van der Waals surface area contributed by atoms with Crippen LogP contribution in [-0.2, 0) is 16.4 Å². The van der Waals surface area contributed by atoms with Crippen molar-refractivity contribution < 1.29 is 12.8 Å². The fraction of sp³-hybridized carbons (Fsp3) is 0.200. The van der Waals surface area contributed by atoms with Crippen LogP contribution in [0.5, 0.6) is 0 Å². The van der Waals surface area contributed by atoms with Crippen LogP contribution in [0.4, 0.5) is 10.1 Å². The van der Waals surface area contributed by atoms with Crippen LogP contribution < -0.4 is 10.5 Å². The molecular weight excluding hydrogens is 291 g/mol. The highest BCUT2D eigenvalue weighted by Gasteiger charge is 2.16. The average molecular weight is 308 g/mol. The number of nitrogen functional groups attached to an aromatic ring is 1. The van der Waals surface area contributed by atoms with E-state index in [1.54, 1.807) is 24.3 Å². The first-order valence-electron chi connectivity index (χ1n) is 6.49. The Kier molecular flexibility index (Phi) is 4.59. The fourth-order valence-electron chi connectivity index (χ4n) is 2.01. The van der Waals surface area contributed by atoms with Crippen molar-refractivity contribution in [2.75, 3.05) is 12.3 Å². The van der Waals surface area contributed by atoms with E-state index in [0.717, 1.165) is 11.1 Å². The molecule has 0 spiro atoms. The molecule has 0 radical (unpaired) electrons. The van der Waals surface area contributed by atoms with Gasteiger partial charge in [-0.2, -0.15) is 0 Å². The van der Waals surface area contributed by atoms with Gasteiger partial charge in [0.2, 0.25) is 10.0 Å². The van der Waals surface area contributed by atoms with Crippen molar-refractivity contribution in [2.45, 2.75) is 18.2 Å². The van der Waals surface area contributed by atoms with Crippen LogP contribution in [0.1, 0.15) is 11.1 Å². The number of sulfonamides is 1. The molecule has 2 rings (SSSR count). The van der Waals surface area contributed by atoms with Gasteiger partial charge in [-0.25, -0.2) is 17.5 Å². The van der Waals surface area contributed by atoms with Crippen molar-refractivity contribution in [1.82, 2.24) is 4.72 Å². The lowest BCUT2D eigenvalue weighted by Crippen LogP contribution is -2.26. The van der Waals surface area contributed by atoms with E-state index >= 15 is 0 Å². The first-order valence-corrected chi connectivity index (χ1v) is 7.97. The maximum Gasteiger partial charge on any atom is 0.242 e. The minimum atomic E-state index is -3.66. The van der Waals surface area contributed by atoms with Crippen molar-refractivity contribution in [3.8, 4) is 0 Å². The molecular formula is C15H17FN2O2S. The monoisotopic (exact) mass is 308 g/mol. The Labute approximate surface area is 123 Å². The van der Waals surface area contributed by atoms with E-state index in [-0.39, 0.29) is 22.9 Å². The SMILES string of the molecule is Cc1ccc(S(=O)(=O)NCCc2cccc(F)c2)c(N)c1. The molecule has 0 amide bonds. The van der Waals surface area contributed by atoms with Gasteiger partial charge in [-0.3, -0.25) is 0 Å². The van der Waals surface area contributed by atoms with Crippen LogP contribution in [0.15, 0.2) is 47.4 Å². The molecule has 0 aliphatic carbocycles. The molecule has 0 aliphatic rings. The second-order valence-corrected chi connectivity index (χ2v) is 6.55. The van der Waals surface area contributed by atoms with Gasteiger partial charge in [-0.05, 0) is 48.7 Å². The first-order chi connectivity index (χ1) is 9.88. The fourth-order valence-corrected chi connectivity index (χ4v) is 3.16. The quantitative estimate of drug-likeness (QED) is 0.832. The smallest absolute Gasteiger partial charge is 0.242 e. The van der Waals surface area contributed by atoms with Crippen molar-refractivity contribution in [1.29, 1.82) is 0 Å². The Morgan fingerprint density at radius 3 is 2.62 bits per heavy atom. The van der Waals surface area contributed by atoms with E-state index in [9.17, 15) is 12.8 Å². The summed E-state index contributed by atoms with van der Waals surface area (Å²) in [5, 5.41) is 0. The predicted molar refractivity (Wildman–Crippen MR) is 80.9 cm³/mol. The maximum absolute atomic E-state index is 13.0. The van der Waals surface area contributed by atoms with Crippen LogP contribution in [-0.4, -0.2) is 15.0 Å². The van der Waals surface area contributed by atoms with E-state index in [0.29, 0.717) is 6.42 Å². The molecule has 0 bridgehead atoms. The summed E-state index contributed by atoms with van der Waals surface area (Å²) in [5.74, 6) is -0.335. The van der Waals surface area contributed by atoms with E-state index in [1.165, 1.54) is 18.2 Å². The zero-order chi connectivity index (χ0) is 15.5. The lowest BCUT2D eigenvalue weighted by atomic mass is 10.1. The molecule has 4 nitrogen and oxygen atoms in total. The highest BCUT2D eigenvalue weighted by molar-refractivity contribution is 7.89. The van der Waals surface area contributed by atoms with Crippen molar-refractivity contribution in [3.05, 3.63) is 59.4 Å². The van der Waals surface area contributed by atoms with Gasteiger partial charge in [0.25, 0.3) is 0 Å². The summed E-state index contributed by atoms with van der Waals surface area (Å²) in [4.78, 5) is 0.0624. The molecule has 2 aromatic carbocycles. The number of hydrogen-bond acceptors (Lipinski definition) is 3. The summed E-state index contributed by atoms with van der Waals surface area (Å²) < 4.78 is 39.8. The third kappa shape index (κ3) is 4.03. The highest BCUT2D eigenvalue weighted by Crippen LogP contribution is 2.19. The number of hydrogen-bond donors (Lipinski definition) is 2. The van der Waals surface area contributed by atoms with E-state index in [2.05, 4.69) is 4.72 Å². The van der Waals surface area contributed by atoms with Gasteiger partial charge in [0, 0.05) is 6.54 Å². The first kappa shape index (κ1) is 15.5. The average Bonchev–Trinajstić information content (AvgIpc) is 2.38. The van der Waals surface area contributed by atoms with E-state index in [1.807, 2.05) is 6.92 Å². The van der Waals surface area contributed by atoms with Crippen molar-refractivity contribution in [2.24, 2.45) is 0 Å². The normalized spacial score (nSPS) is 11.5. The molecule has 0 saturated carbocycles. The molecule has 0 heterocycles. The second kappa shape index (κ2) is 6.24. The number of nitrogens with two attached hydrogens (primary N) is 1. The number of rotatable bonds is 5. The zero-order valence-electron chi connectivity index (χ0n) is 11.6. The molecule has 6 heteroatoms. The molecule has 21 heavy (non-hydrogen) atoms. The number of halogens is 1. The van der Waals surface area contributed by atoms with Crippen LogP contribution in [0.2, 0.25) is 0 Å². The summed E-state index contributed by atoms with van der Waals surface area (Å²) in [5.41, 5.74) is 7.58. The Balaban J connectivity index is 2.05. The molecule has 0 fully saturated rings. The highest BCUT2D eigenvalue weighted by atomic mass is 32.2. The third-order valence-corrected chi connectivity index (χ3v) is 4.58. The second-order valence-electron chi connectivity index (χ2n) is 4.82. The van der Waals surface area contributed by atoms with Crippen molar-refractivity contribution >= 4 is 15.7 Å². The number of anilines is 1. The summed E-state index contributed by atoms with van der Waals surface area (Å²) in [7, 11) is -3.66. The van der Waals surface area contributed by atoms with Gasteiger partial charge in [-0.1, -0.05) is 18.2 Å². The zero-order valence-corrected chi connectivity index (χ0v) is 12.5. The lowest BCUT2D eigenvalue weighted by Gasteiger charge is -2.09. The van der Waals surface area contributed by atoms with Crippen LogP contribution in [0, 0.1) is 12.7 Å². The molecule has 0 aliphatic heterocycles. The minimum Gasteiger partial charge on any atom is -0.398 e. The molecule has 0 atom stereocenters. The van der Waals surface area contributed by atoms with Gasteiger partial charge in [0.05, 0.1) is 5.69 Å². The Morgan fingerprint density at radius 1 is 1.19 bits per heavy atom. The summed E-state index contributed by atoms with van der Waals surface area (Å²) in [6.07, 6.45) is 0.406. The topological polar surface area (TPSA) is 72.2 Å². The Bertz CT molecular complexity index is 745. The van der Waals surface area contributed by atoms with Crippen LogP contribution in [0.3, 0.4) is 0 Å². The van der Waals surface area contributed by atoms with E-state index in [4.69, 9.17) is 5.73 Å². The van der Waals surface area contributed by atoms with Gasteiger partial charge in [0.1, 0.15) is 10.7 Å². The number of aryl methyl sites for hydroxylation is 1. The maximum atomic E-state index is 13.0. The number of benzene rings is 2. The Hall–Kier alpha value is -1.92. The van der Waals surface area contributed by atoms with Gasteiger partial charge in [0.15, 0.2) is 0 Å². The molecule has 2 aromatic rings. The summed E-state index contributed by atoms with van der Waals surface area (Å²) in [6, 6.07) is 10.9. The molecule has 0 unspecified atom stereocenters. The largest absolute Gasteiger partial charge is 0.398 e. The van der Waals surface area contributed by atoms with Crippen LogP contribution in [0.25, 0.3) is 0 Å². The molecule has 0 aromatic heterocycles. The van der Waals surface area contributed by atoms with Gasteiger partial charge in [-0.15, -0.1) is 0 Å². The van der Waals surface area contributed by atoms with Crippen LogP contribution >= 0.6 is 0 Å². The Morgan fingerprint density at radius 2 is 1.95 bits per heavy atom. The number of nitrogens with one attached hydrogen (secondary N) is 1. The third-order valence-electron chi connectivity index (χ3n) is 3.05.